The van der Waals surface area contributed by atoms with Crippen LogP contribution in [0.1, 0.15) is 16.2 Å². The first-order chi connectivity index (χ1) is 9.04. The SMILES string of the molecule is COCC(O)Cn1c(C)nc2cccc(C(=O)O)c21. The van der Waals surface area contributed by atoms with E-state index in [1.165, 1.54) is 13.2 Å². The minimum atomic E-state index is -1.01. The Morgan fingerprint density at radius 3 is 2.89 bits per heavy atom. The third-order valence-electron chi connectivity index (χ3n) is 2.94. The lowest BCUT2D eigenvalue weighted by molar-refractivity contribution is 0.0538. The fraction of sp³-hybridized carbons (Fsp3) is 0.385. The van der Waals surface area contributed by atoms with E-state index in [4.69, 9.17) is 4.74 Å². The summed E-state index contributed by atoms with van der Waals surface area (Å²) in [4.78, 5) is 15.6. The van der Waals surface area contributed by atoms with Crippen molar-refractivity contribution >= 4 is 17.0 Å². The maximum atomic E-state index is 11.3. The quantitative estimate of drug-likeness (QED) is 0.843. The van der Waals surface area contributed by atoms with Crippen LogP contribution in [0.25, 0.3) is 11.0 Å². The number of hydrogen-bond donors (Lipinski definition) is 2. The van der Waals surface area contributed by atoms with Crippen molar-refractivity contribution in [3.8, 4) is 0 Å². The van der Waals surface area contributed by atoms with E-state index >= 15 is 0 Å². The molecule has 0 spiro atoms. The zero-order chi connectivity index (χ0) is 14.0. The molecule has 1 aromatic carbocycles. The topological polar surface area (TPSA) is 84.6 Å². The number of hydrogen-bond acceptors (Lipinski definition) is 4. The van der Waals surface area contributed by atoms with Crippen LogP contribution >= 0.6 is 0 Å². The summed E-state index contributed by atoms with van der Waals surface area (Å²) in [5.41, 5.74) is 1.33. The number of aliphatic hydroxyl groups excluding tert-OH is 1. The number of aromatic carboxylic acids is 1. The Balaban J connectivity index is 2.53. The summed E-state index contributed by atoms with van der Waals surface area (Å²) in [6.45, 7) is 2.22. The van der Waals surface area contributed by atoms with Gasteiger partial charge in [-0.3, -0.25) is 0 Å². The molecule has 0 aliphatic carbocycles. The highest BCUT2D eigenvalue weighted by Gasteiger charge is 2.17. The average Bonchev–Trinajstić information content (AvgIpc) is 2.66. The van der Waals surface area contributed by atoms with Gasteiger partial charge in [-0.05, 0) is 19.1 Å². The monoisotopic (exact) mass is 264 g/mol. The molecule has 0 fully saturated rings. The van der Waals surface area contributed by atoms with Crippen LogP contribution in [0, 0.1) is 6.92 Å². The molecule has 102 valence electrons. The molecule has 0 saturated heterocycles. The number of carboxylic acid groups (broad SMARTS) is 1. The minimum absolute atomic E-state index is 0.183. The Bertz CT molecular complexity index is 606. The molecule has 0 saturated carbocycles. The number of para-hydroxylation sites is 1. The predicted molar refractivity (Wildman–Crippen MR) is 69.3 cm³/mol. The number of carboxylic acids is 1. The van der Waals surface area contributed by atoms with E-state index in [-0.39, 0.29) is 18.7 Å². The number of fused-ring (bicyclic) bond motifs is 1. The number of aliphatic hydroxyl groups is 1. The zero-order valence-electron chi connectivity index (χ0n) is 10.8. The number of methoxy groups -OCH3 is 1. The van der Waals surface area contributed by atoms with Crippen LogP contribution in [-0.2, 0) is 11.3 Å². The molecule has 2 rings (SSSR count). The second-order valence-electron chi connectivity index (χ2n) is 4.36. The Hall–Kier alpha value is -1.92. The van der Waals surface area contributed by atoms with Crippen LogP contribution in [0.3, 0.4) is 0 Å². The summed E-state index contributed by atoms with van der Waals surface area (Å²) >= 11 is 0. The highest BCUT2D eigenvalue weighted by molar-refractivity contribution is 6.01. The smallest absolute Gasteiger partial charge is 0.337 e. The molecule has 1 aromatic heterocycles. The summed E-state index contributed by atoms with van der Waals surface area (Å²) < 4.78 is 6.59. The average molecular weight is 264 g/mol. The lowest BCUT2D eigenvalue weighted by atomic mass is 10.2. The van der Waals surface area contributed by atoms with Gasteiger partial charge in [0.1, 0.15) is 5.82 Å². The van der Waals surface area contributed by atoms with E-state index in [0.717, 1.165) is 0 Å². The number of aromatic nitrogens is 2. The van der Waals surface area contributed by atoms with Crippen molar-refractivity contribution in [2.24, 2.45) is 0 Å². The third-order valence-corrected chi connectivity index (χ3v) is 2.94. The molecule has 2 N–H and O–H groups in total. The van der Waals surface area contributed by atoms with Crippen molar-refractivity contribution < 1.29 is 19.7 Å². The summed E-state index contributed by atoms with van der Waals surface area (Å²) in [5, 5.41) is 19.0. The highest BCUT2D eigenvalue weighted by Crippen LogP contribution is 2.21. The van der Waals surface area contributed by atoms with Crippen LogP contribution in [0.4, 0.5) is 0 Å². The van der Waals surface area contributed by atoms with Crippen molar-refractivity contribution in [3.63, 3.8) is 0 Å². The normalized spacial score (nSPS) is 12.8. The Morgan fingerprint density at radius 1 is 1.53 bits per heavy atom. The van der Waals surface area contributed by atoms with Crippen molar-refractivity contribution in [2.75, 3.05) is 13.7 Å². The van der Waals surface area contributed by atoms with E-state index in [9.17, 15) is 15.0 Å². The fourth-order valence-corrected chi connectivity index (χ4v) is 2.15. The van der Waals surface area contributed by atoms with Gasteiger partial charge in [-0.1, -0.05) is 6.07 Å². The number of aryl methyl sites for hydroxylation is 1. The van der Waals surface area contributed by atoms with Gasteiger partial charge in [0.15, 0.2) is 0 Å². The summed E-state index contributed by atoms with van der Waals surface area (Å²) in [6.07, 6.45) is -0.706. The molecule has 19 heavy (non-hydrogen) atoms. The molecule has 1 heterocycles. The first kappa shape index (κ1) is 13.5. The summed E-state index contributed by atoms with van der Waals surface area (Å²) in [5.74, 6) is -0.341. The molecular formula is C13H16N2O4. The van der Waals surface area contributed by atoms with E-state index in [1.807, 2.05) is 0 Å². The summed E-state index contributed by atoms with van der Waals surface area (Å²) in [6, 6.07) is 4.95. The molecular weight excluding hydrogens is 248 g/mol. The van der Waals surface area contributed by atoms with E-state index in [2.05, 4.69) is 4.98 Å². The lowest BCUT2D eigenvalue weighted by Crippen LogP contribution is -2.22. The summed E-state index contributed by atoms with van der Waals surface area (Å²) in [7, 11) is 1.50. The Labute approximate surface area is 110 Å². The van der Waals surface area contributed by atoms with Gasteiger partial charge in [-0.2, -0.15) is 0 Å². The van der Waals surface area contributed by atoms with Crippen molar-refractivity contribution in [1.29, 1.82) is 0 Å². The van der Waals surface area contributed by atoms with Crippen LogP contribution in [-0.4, -0.2) is 45.6 Å². The number of ether oxygens (including phenoxy) is 1. The number of nitrogens with zero attached hydrogens (tertiary/aromatic N) is 2. The van der Waals surface area contributed by atoms with Gasteiger partial charge in [0, 0.05) is 7.11 Å². The molecule has 6 heteroatoms. The Morgan fingerprint density at radius 2 is 2.26 bits per heavy atom. The molecule has 1 atom stereocenters. The van der Waals surface area contributed by atoms with E-state index in [1.54, 1.807) is 23.6 Å². The first-order valence-corrected chi connectivity index (χ1v) is 5.90. The van der Waals surface area contributed by atoms with Crippen LogP contribution in [0.2, 0.25) is 0 Å². The van der Waals surface area contributed by atoms with Crippen molar-refractivity contribution in [2.45, 2.75) is 19.6 Å². The molecule has 0 aliphatic rings. The number of rotatable bonds is 5. The van der Waals surface area contributed by atoms with Gasteiger partial charge in [-0.25, -0.2) is 9.78 Å². The van der Waals surface area contributed by atoms with E-state index in [0.29, 0.717) is 16.9 Å². The zero-order valence-corrected chi connectivity index (χ0v) is 10.8. The molecule has 2 aromatic rings. The van der Waals surface area contributed by atoms with Crippen LogP contribution in [0.15, 0.2) is 18.2 Å². The van der Waals surface area contributed by atoms with Gasteiger partial charge in [-0.15, -0.1) is 0 Å². The Kier molecular flexibility index (Phi) is 3.82. The molecule has 0 bridgehead atoms. The van der Waals surface area contributed by atoms with Gasteiger partial charge in [0.25, 0.3) is 0 Å². The fourth-order valence-electron chi connectivity index (χ4n) is 2.15. The van der Waals surface area contributed by atoms with Crippen LogP contribution < -0.4 is 0 Å². The maximum absolute atomic E-state index is 11.3. The molecule has 0 radical (unpaired) electrons. The van der Waals surface area contributed by atoms with Gasteiger partial charge in [0.05, 0.1) is 35.9 Å². The second-order valence-corrected chi connectivity index (χ2v) is 4.36. The molecule has 0 aliphatic heterocycles. The largest absolute Gasteiger partial charge is 0.478 e. The van der Waals surface area contributed by atoms with Gasteiger partial charge >= 0.3 is 5.97 Å². The van der Waals surface area contributed by atoms with Gasteiger partial charge < -0.3 is 19.5 Å². The van der Waals surface area contributed by atoms with Gasteiger partial charge in [0.2, 0.25) is 0 Å². The first-order valence-electron chi connectivity index (χ1n) is 5.90. The molecule has 1 unspecified atom stereocenters. The van der Waals surface area contributed by atoms with E-state index < -0.39 is 12.1 Å². The number of carbonyl (C=O) groups is 1. The number of benzene rings is 1. The lowest BCUT2D eigenvalue weighted by Gasteiger charge is -2.13. The number of imidazole rings is 1. The van der Waals surface area contributed by atoms with Crippen molar-refractivity contribution in [1.82, 2.24) is 9.55 Å². The maximum Gasteiger partial charge on any atom is 0.337 e. The minimum Gasteiger partial charge on any atom is -0.478 e. The molecule has 0 amide bonds. The highest BCUT2D eigenvalue weighted by atomic mass is 16.5. The van der Waals surface area contributed by atoms with Crippen molar-refractivity contribution in [3.05, 3.63) is 29.6 Å². The molecule has 6 nitrogen and oxygen atoms in total. The standard InChI is InChI=1S/C13H16N2O4/c1-8-14-11-5-3-4-10(13(17)18)12(11)15(8)6-9(16)7-19-2/h3-5,9,16H,6-7H2,1-2H3,(H,17,18). The van der Waals surface area contributed by atoms with Crippen LogP contribution in [0.5, 0.6) is 0 Å². The predicted octanol–water partition coefficient (Wildman–Crippen LogP) is 1.05. The third kappa shape index (κ3) is 2.59. The second kappa shape index (κ2) is 5.38.